The van der Waals surface area contributed by atoms with Gasteiger partial charge in [-0.2, -0.15) is 0 Å². The van der Waals surface area contributed by atoms with Crippen molar-refractivity contribution in [3.63, 3.8) is 0 Å². The molecule has 1 N–H and O–H groups in total. The highest BCUT2D eigenvalue weighted by Gasteiger charge is 2.12. The number of hydrogen-bond acceptors (Lipinski definition) is 3. The van der Waals surface area contributed by atoms with E-state index in [4.69, 9.17) is 9.47 Å². The molecule has 0 saturated carbocycles. The van der Waals surface area contributed by atoms with Crippen molar-refractivity contribution in [2.75, 3.05) is 19.0 Å². The number of methoxy groups -OCH3 is 1. The van der Waals surface area contributed by atoms with E-state index < -0.39 is 0 Å². The van der Waals surface area contributed by atoms with Crippen LogP contribution in [0.1, 0.15) is 29.8 Å². The minimum Gasteiger partial charge on any atom is -0.493 e. The summed E-state index contributed by atoms with van der Waals surface area (Å²) in [5.74, 6) is 1.02. The van der Waals surface area contributed by atoms with Gasteiger partial charge >= 0.3 is 0 Å². The number of ether oxygens (including phenoxy) is 2. The molecule has 116 valence electrons. The number of para-hydroxylation sites is 1. The summed E-state index contributed by atoms with van der Waals surface area (Å²) >= 11 is 0. The van der Waals surface area contributed by atoms with Gasteiger partial charge in [0.2, 0.25) is 0 Å². The zero-order chi connectivity index (χ0) is 15.9. The van der Waals surface area contributed by atoms with E-state index in [9.17, 15) is 4.79 Å². The summed E-state index contributed by atoms with van der Waals surface area (Å²) in [5, 5.41) is 2.95. The predicted molar refractivity (Wildman–Crippen MR) is 87.9 cm³/mol. The highest BCUT2D eigenvalue weighted by atomic mass is 16.5. The van der Waals surface area contributed by atoms with Gasteiger partial charge in [0.15, 0.2) is 11.5 Å². The van der Waals surface area contributed by atoms with Crippen molar-refractivity contribution in [1.82, 2.24) is 0 Å². The van der Waals surface area contributed by atoms with Crippen LogP contribution in [-0.2, 0) is 6.42 Å². The lowest BCUT2D eigenvalue weighted by Crippen LogP contribution is -2.13. The van der Waals surface area contributed by atoms with E-state index in [-0.39, 0.29) is 5.91 Å². The Morgan fingerprint density at radius 2 is 1.86 bits per heavy atom. The maximum absolute atomic E-state index is 12.4. The number of aryl methyl sites for hydroxylation is 1. The second kappa shape index (κ2) is 7.50. The van der Waals surface area contributed by atoms with E-state index in [0.29, 0.717) is 23.7 Å². The van der Waals surface area contributed by atoms with Crippen molar-refractivity contribution >= 4 is 11.6 Å². The van der Waals surface area contributed by atoms with Crippen LogP contribution in [-0.4, -0.2) is 19.6 Å². The predicted octanol–water partition coefficient (Wildman–Crippen LogP) is 3.91. The summed E-state index contributed by atoms with van der Waals surface area (Å²) in [4.78, 5) is 12.4. The Hall–Kier alpha value is -2.49. The maximum Gasteiger partial charge on any atom is 0.255 e. The van der Waals surface area contributed by atoms with E-state index in [1.54, 1.807) is 25.3 Å². The van der Waals surface area contributed by atoms with Gasteiger partial charge in [0.05, 0.1) is 13.7 Å². The highest BCUT2D eigenvalue weighted by Crippen LogP contribution is 2.28. The molecule has 0 bridgehead atoms. The van der Waals surface area contributed by atoms with E-state index in [1.807, 2.05) is 31.2 Å². The molecule has 2 aromatic rings. The standard InChI is InChI=1S/C18H21NO3/c1-4-13-8-6-7-9-15(13)19-18(20)14-10-11-16(22-5-2)17(12-14)21-3/h6-12H,4-5H2,1-3H3,(H,19,20). The molecule has 0 saturated heterocycles. The van der Waals surface area contributed by atoms with Crippen molar-refractivity contribution in [3.05, 3.63) is 53.6 Å². The molecule has 0 aliphatic heterocycles. The van der Waals surface area contributed by atoms with Crippen LogP contribution in [0.4, 0.5) is 5.69 Å². The molecule has 0 aromatic heterocycles. The van der Waals surface area contributed by atoms with Gasteiger partial charge in [0, 0.05) is 11.3 Å². The molecule has 0 aliphatic rings. The van der Waals surface area contributed by atoms with Crippen LogP contribution in [0.2, 0.25) is 0 Å². The quantitative estimate of drug-likeness (QED) is 0.879. The third-order valence-electron chi connectivity index (χ3n) is 3.37. The molecule has 0 heterocycles. The van der Waals surface area contributed by atoms with Crippen LogP contribution in [0.15, 0.2) is 42.5 Å². The minimum absolute atomic E-state index is 0.165. The molecule has 4 nitrogen and oxygen atoms in total. The highest BCUT2D eigenvalue weighted by molar-refractivity contribution is 6.05. The van der Waals surface area contributed by atoms with Gasteiger partial charge in [0.1, 0.15) is 0 Å². The topological polar surface area (TPSA) is 47.6 Å². The average molecular weight is 299 g/mol. The van der Waals surface area contributed by atoms with Gasteiger partial charge in [-0.25, -0.2) is 0 Å². The first-order chi connectivity index (χ1) is 10.7. The Labute approximate surface area is 131 Å². The van der Waals surface area contributed by atoms with Crippen molar-refractivity contribution in [2.45, 2.75) is 20.3 Å². The zero-order valence-electron chi connectivity index (χ0n) is 13.2. The SMILES string of the molecule is CCOc1ccc(C(=O)Nc2ccccc2CC)cc1OC. The lowest BCUT2D eigenvalue weighted by atomic mass is 10.1. The fourth-order valence-corrected chi connectivity index (χ4v) is 2.23. The Kier molecular flexibility index (Phi) is 5.42. The third kappa shape index (κ3) is 3.58. The first-order valence-electron chi connectivity index (χ1n) is 7.39. The monoisotopic (exact) mass is 299 g/mol. The molecule has 0 spiro atoms. The van der Waals surface area contributed by atoms with Crippen molar-refractivity contribution in [3.8, 4) is 11.5 Å². The van der Waals surface area contributed by atoms with Gasteiger partial charge in [0.25, 0.3) is 5.91 Å². The number of benzene rings is 2. The van der Waals surface area contributed by atoms with Gasteiger partial charge in [-0.15, -0.1) is 0 Å². The summed E-state index contributed by atoms with van der Waals surface area (Å²) in [7, 11) is 1.56. The van der Waals surface area contributed by atoms with Crippen LogP contribution in [0.25, 0.3) is 0 Å². The molecule has 22 heavy (non-hydrogen) atoms. The summed E-state index contributed by atoms with van der Waals surface area (Å²) in [6, 6.07) is 13.0. The van der Waals surface area contributed by atoms with E-state index in [2.05, 4.69) is 12.2 Å². The zero-order valence-corrected chi connectivity index (χ0v) is 13.2. The maximum atomic E-state index is 12.4. The Balaban J connectivity index is 2.22. The second-order valence-corrected chi connectivity index (χ2v) is 4.76. The van der Waals surface area contributed by atoms with Crippen LogP contribution in [0.5, 0.6) is 11.5 Å². The first-order valence-corrected chi connectivity index (χ1v) is 7.39. The van der Waals surface area contributed by atoms with Gasteiger partial charge in [-0.3, -0.25) is 4.79 Å². The van der Waals surface area contributed by atoms with Crippen molar-refractivity contribution in [2.24, 2.45) is 0 Å². The molecule has 0 atom stereocenters. The van der Waals surface area contributed by atoms with Gasteiger partial charge < -0.3 is 14.8 Å². The van der Waals surface area contributed by atoms with Crippen molar-refractivity contribution in [1.29, 1.82) is 0 Å². The Bertz CT molecular complexity index is 653. The molecule has 4 heteroatoms. The molecule has 0 aliphatic carbocycles. The van der Waals surface area contributed by atoms with E-state index in [1.165, 1.54) is 0 Å². The van der Waals surface area contributed by atoms with E-state index >= 15 is 0 Å². The minimum atomic E-state index is -0.165. The normalized spacial score (nSPS) is 10.1. The largest absolute Gasteiger partial charge is 0.493 e. The second-order valence-electron chi connectivity index (χ2n) is 4.76. The summed E-state index contributed by atoms with van der Waals surface area (Å²) in [6.07, 6.45) is 0.864. The van der Waals surface area contributed by atoms with Gasteiger partial charge in [-0.1, -0.05) is 25.1 Å². The summed E-state index contributed by atoms with van der Waals surface area (Å²) in [6.45, 7) is 4.51. The number of carbonyl (C=O) groups excluding carboxylic acids is 1. The van der Waals surface area contributed by atoms with Crippen LogP contribution in [0, 0.1) is 0 Å². The van der Waals surface area contributed by atoms with Crippen LogP contribution < -0.4 is 14.8 Å². The number of anilines is 1. The Morgan fingerprint density at radius 1 is 1.09 bits per heavy atom. The number of nitrogens with one attached hydrogen (secondary N) is 1. The van der Waals surface area contributed by atoms with Gasteiger partial charge in [-0.05, 0) is 43.2 Å². The van der Waals surface area contributed by atoms with Crippen LogP contribution in [0.3, 0.4) is 0 Å². The number of amides is 1. The fourth-order valence-electron chi connectivity index (χ4n) is 2.23. The fraction of sp³-hybridized carbons (Fsp3) is 0.278. The summed E-state index contributed by atoms with van der Waals surface area (Å²) in [5.41, 5.74) is 2.47. The molecule has 0 radical (unpaired) electrons. The number of carbonyl (C=O) groups is 1. The third-order valence-corrected chi connectivity index (χ3v) is 3.37. The average Bonchev–Trinajstić information content (AvgIpc) is 2.56. The molecule has 2 aromatic carbocycles. The number of rotatable bonds is 6. The lowest BCUT2D eigenvalue weighted by molar-refractivity contribution is 0.102. The molecule has 0 fully saturated rings. The van der Waals surface area contributed by atoms with E-state index in [0.717, 1.165) is 17.7 Å². The van der Waals surface area contributed by atoms with Crippen molar-refractivity contribution < 1.29 is 14.3 Å². The lowest BCUT2D eigenvalue weighted by Gasteiger charge is -2.12. The molecule has 0 unspecified atom stereocenters. The Morgan fingerprint density at radius 3 is 2.55 bits per heavy atom. The first kappa shape index (κ1) is 15.9. The molecule has 1 amide bonds. The summed E-state index contributed by atoms with van der Waals surface area (Å²) < 4.78 is 10.7. The molecular formula is C18H21NO3. The smallest absolute Gasteiger partial charge is 0.255 e. The molecule has 2 rings (SSSR count). The molecular weight excluding hydrogens is 278 g/mol. The van der Waals surface area contributed by atoms with Crippen LogP contribution >= 0.6 is 0 Å². The number of hydrogen-bond donors (Lipinski definition) is 1.